The van der Waals surface area contributed by atoms with Crippen LogP contribution >= 0.6 is 11.6 Å². The van der Waals surface area contributed by atoms with Crippen LogP contribution in [0.1, 0.15) is 11.1 Å². The number of hydrazone groups is 1. The number of rotatable bonds is 4. The zero-order valence-electron chi connectivity index (χ0n) is 12.3. The molecular weight excluding hydrogens is 302 g/mol. The molecule has 0 unspecified atom stereocenters. The maximum absolute atomic E-state index is 11.8. The van der Waals surface area contributed by atoms with Crippen molar-refractivity contribution < 1.29 is 9.53 Å². The average molecular weight is 318 g/mol. The first-order valence-electron chi connectivity index (χ1n) is 6.59. The van der Waals surface area contributed by atoms with Crippen molar-refractivity contribution in [3.8, 4) is 5.75 Å². The number of amides is 2. The number of benzene rings is 2. The molecule has 6 heteroatoms. The molecule has 2 rings (SSSR count). The summed E-state index contributed by atoms with van der Waals surface area (Å²) in [7, 11) is 1.60. The average Bonchev–Trinajstić information content (AvgIpc) is 2.52. The largest absolute Gasteiger partial charge is 0.497 e. The number of anilines is 1. The summed E-state index contributed by atoms with van der Waals surface area (Å²) in [5, 5.41) is 7.17. The third kappa shape index (κ3) is 4.23. The summed E-state index contributed by atoms with van der Waals surface area (Å²) in [5.74, 6) is 0.763. The Morgan fingerprint density at radius 3 is 2.64 bits per heavy atom. The second-order valence-electron chi connectivity index (χ2n) is 4.51. The minimum atomic E-state index is -0.435. The van der Waals surface area contributed by atoms with E-state index in [1.807, 2.05) is 31.2 Å². The number of halogens is 1. The van der Waals surface area contributed by atoms with E-state index in [9.17, 15) is 4.79 Å². The number of hydrogen-bond donors (Lipinski definition) is 2. The van der Waals surface area contributed by atoms with Crippen LogP contribution in [0.5, 0.6) is 5.75 Å². The first-order chi connectivity index (χ1) is 10.6. The Morgan fingerprint density at radius 1 is 1.23 bits per heavy atom. The van der Waals surface area contributed by atoms with Gasteiger partial charge in [-0.25, -0.2) is 10.2 Å². The summed E-state index contributed by atoms with van der Waals surface area (Å²) < 4.78 is 5.06. The zero-order chi connectivity index (χ0) is 15.9. The van der Waals surface area contributed by atoms with Gasteiger partial charge in [0.25, 0.3) is 0 Å². The van der Waals surface area contributed by atoms with E-state index in [-0.39, 0.29) is 0 Å². The molecule has 0 aliphatic carbocycles. The number of methoxy groups -OCH3 is 1. The molecular formula is C16H16ClN3O2. The Morgan fingerprint density at radius 2 is 1.95 bits per heavy atom. The van der Waals surface area contributed by atoms with Gasteiger partial charge in [-0.15, -0.1) is 0 Å². The second-order valence-corrected chi connectivity index (χ2v) is 4.92. The summed E-state index contributed by atoms with van der Waals surface area (Å²) in [4.78, 5) is 11.8. The van der Waals surface area contributed by atoms with Crippen LogP contribution in [0.2, 0.25) is 5.02 Å². The molecule has 0 fully saturated rings. The fourth-order valence-electron chi connectivity index (χ4n) is 1.75. The van der Waals surface area contributed by atoms with Crippen molar-refractivity contribution in [2.24, 2.45) is 5.10 Å². The van der Waals surface area contributed by atoms with Crippen LogP contribution in [0, 0.1) is 6.92 Å². The molecule has 0 spiro atoms. The minimum absolute atomic E-state index is 0.435. The molecule has 0 heterocycles. The standard InChI is InChI=1S/C16H16ClN3O2/c1-11-14(17)4-3-5-15(11)19-16(21)20-18-10-12-6-8-13(22-2)9-7-12/h3-10H,1-2H3,(H2,19,20,21)/b18-10-. The van der Waals surface area contributed by atoms with Crippen molar-refractivity contribution in [1.82, 2.24) is 5.43 Å². The van der Waals surface area contributed by atoms with Crippen LogP contribution in [0.25, 0.3) is 0 Å². The van der Waals surface area contributed by atoms with Crippen LogP contribution < -0.4 is 15.5 Å². The van der Waals surface area contributed by atoms with E-state index in [0.717, 1.165) is 16.9 Å². The molecule has 0 aliphatic rings. The molecule has 0 saturated heterocycles. The molecule has 2 amide bonds. The first kappa shape index (κ1) is 15.9. The Kier molecular flexibility index (Phi) is 5.38. The molecule has 0 aliphatic heterocycles. The second kappa shape index (κ2) is 7.47. The summed E-state index contributed by atoms with van der Waals surface area (Å²) in [6.45, 7) is 1.83. The van der Waals surface area contributed by atoms with Crippen molar-refractivity contribution in [2.45, 2.75) is 6.92 Å². The highest BCUT2D eigenvalue weighted by Gasteiger charge is 2.05. The molecule has 0 atom stereocenters. The predicted octanol–water partition coefficient (Wildman–Crippen LogP) is 3.81. The van der Waals surface area contributed by atoms with Gasteiger partial charge in [-0.05, 0) is 54.4 Å². The van der Waals surface area contributed by atoms with Gasteiger partial charge >= 0.3 is 6.03 Å². The molecule has 0 radical (unpaired) electrons. The SMILES string of the molecule is COc1ccc(/C=N\NC(=O)Nc2cccc(Cl)c2C)cc1. The number of nitrogens with zero attached hydrogens (tertiary/aromatic N) is 1. The van der Waals surface area contributed by atoms with Gasteiger partial charge in [0.1, 0.15) is 5.75 Å². The highest BCUT2D eigenvalue weighted by atomic mass is 35.5. The number of carbonyl (C=O) groups excluding carboxylic acids is 1. The van der Waals surface area contributed by atoms with E-state index >= 15 is 0 Å². The maximum Gasteiger partial charge on any atom is 0.339 e. The van der Waals surface area contributed by atoms with E-state index < -0.39 is 6.03 Å². The fraction of sp³-hybridized carbons (Fsp3) is 0.125. The van der Waals surface area contributed by atoms with Crippen LogP contribution in [0.4, 0.5) is 10.5 Å². The number of hydrogen-bond acceptors (Lipinski definition) is 3. The van der Waals surface area contributed by atoms with Crippen LogP contribution in [-0.2, 0) is 0 Å². The van der Waals surface area contributed by atoms with Gasteiger partial charge in [-0.2, -0.15) is 5.10 Å². The van der Waals surface area contributed by atoms with Crippen LogP contribution in [0.3, 0.4) is 0 Å². The van der Waals surface area contributed by atoms with E-state index in [4.69, 9.17) is 16.3 Å². The Hall–Kier alpha value is -2.53. The van der Waals surface area contributed by atoms with E-state index in [1.54, 1.807) is 31.5 Å². The summed E-state index contributed by atoms with van der Waals surface area (Å²) in [5.41, 5.74) is 4.69. The molecule has 0 bridgehead atoms. The highest BCUT2D eigenvalue weighted by molar-refractivity contribution is 6.31. The number of urea groups is 1. The van der Waals surface area contributed by atoms with Gasteiger partial charge in [0, 0.05) is 10.7 Å². The van der Waals surface area contributed by atoms with Gasteiger partial charge < -0.3 is 10.1 Å². The zero-order valence-corrected chi connectivity index (χ0v) is 13.0. The predicted molar refractivity (Wildman–Crippen MR) is 88.9 cm³/mol. The smallest absolute Gasteiger partial charge is 0.339 e. The summed E-state index contributed by atoms with van der Waals surface area (Å²) in [6, 6.07) is 12.2. The molecule has 2 aromatic rings. The molecule has 114 valence electrons. The van der Waals surface area contributed by atoms with Gasteiger partial charge in [0.05, 0.1) is 13.3 Å². The fourth-order valence-corrected chi connectivity index (χ4v) is 1.92. The molecule has 0 aromatic heterocycles. The van der Waals surface area contributed by atoms with E-state index in [0.29, 0.717) is 10.7 Å². The molecule has 0 saturated carbocycles. The Labute approximate surface area is 133 Å². The lowest BCUT2D eigenvalue weighted by atomic mass is 10.2. The van der Waals surface area contributed by atoms with Gasteiger partial charge in [-0.3, -0.25) is 0 Å². The Bertz CT molecular complexity index is 684. The van der Waals surface area contributed by atoms with Crippen molar-refractivity contribution in [2.75, 3.05) is 12.4 Å². The van der Waals surface area contributed by atoms with Crippen LogP contribution in [0.15, 0.2) is 47.6 Å². The van der Waals surface area contributed by atoms with E-state index in [2.05, 4.69) is 15.8 Å². The normalized spacial score (nSPS) is 10.5. The van der Waals surface area contributed by atoms with Gasteiger partial charge in [0.15, 0.2) is 0 Å². The third-order valence-electron chi connectivity index (χ3n) is 3.01. The lowest BCUT2D eigenvalue weighted by Crippen LogP contribution is -2.24. The monoisotopic (exact) mass is 317 g/mol. The maximum atomic E-state index is 11.8. The van der Waals surface area contributed by atoms with Crippen molar-refractivity contribution in [1.29, 1.82) is 0 Å². The number of carbonyl (C=O) groups is 1. The third-order valence-corrected chi connectivity index (χ3v) is 3.42. The molecule has 2 N–H and O–H groups in total. The van der Waals surface area contributed by atoms with E-state index in [1.165, 1.54) is 0 Å². The lowest BCUT2D eigenvalue weighted by Gasteiger charge is -2.08. The van der Waals surface area contributed by atoms with Crippen molar-refractivity contribution >= 4 is 29.5 Å². The summed E-state index contributed by atoms with van der Waals surface area (Å²) >= 11 is 5.99. The van der Waals surface area contributed by atoms with Crippen LogP contribution in [-0.4, -0.2) is 19.4 Å². The quantitative estimate of drug-likeness (QED) is 0.665. The van der Waals surface area contributed by atoms with Gasteiger partial charge in [-0.1, -0.05) is 17.7 Å². The van der Waals surface area contributed by atoms with Crippen molar-refractivity contribution in [3.63, 3.8) is 0 Å². The number of nitrogens with one attached hydrogen (secondary N) is 2. The molecule has 22 heavy (non-hydrogen) atoms. The molecule has 2 aromatic carbocycles. The summed E-state index contributed by atoms with van der Waals surface area (Å²) in [6.07, 6.45) is 1.55. The minimum Gasteiger partial charge on any atom is -0.497 e. The van der Waals surface area contributed by atoms with Gasteiger partial charge in [0.2, 0.25) is 0 Å². The highest BCUT2D eigenvalue weighted by Crippen LogP contribution is 2.22. The van der Waals surface area contributed by atoms with Crippen molar-refractivity contribution in [3.05, 3.63) is 58.6 Å². The Balaban J connectivity index is 1.91. The topological polar surface area (TPSA) is 62.7 Å². The first-order valence-corrected chi connectivity index (χ1v) is 6.97. The molecule has 5 nitrogen and oxygen atoms in total. The lowest BCUT2D eigenvalue weighted by molar-refractivity contribution is 0.252. The number of ether oxygens (including phenoxy) is 1.